The number of hydrogen-bond donors (Lipinski definition) is 1. The summed E-state index contributed by atoms with van der Waals surface area (Å²) < 4.78 is 41.8. The Kier molecular flexibility index (Phi) is 5.27. The molecule has 2 aromatic rings. The molecule has 0 radical (unpaired) electrons. The van der Waals surface area contributed by atoms with Crippen molar-refractivity contribution in [2.24, 2.45) is 0 Å². The number of nitrogens with one attached hydrogen (secondary N) is 1. The summed E-state index contributed by atoms with van der Waals surface area (Å²) in [7, 11) is 0. The second-order valence-electron chi connectivity index (χ2n) is 4.75. The molecule has 124 valence electrons. The molecular formula is C13H14F3N5O2. The average molecular weight is 329 g/mol. The number of nitrogens with zero attached hydrogens (tertiary/aromatic N) is 4. The number of ether oxygens (including phenoxy) is 1. The first-order chi connectivity index (χ1) is 10.8. The van der Waals surface area contributed by atoms with E-state index in [1.54, 1.807) is 6.92 Å². The van der Waals surface area contributed by atoms with Gasteiger partial charge in [-0.05, 0) is 19.1 Å². The van der Waals surface area contributed by atoms with Crippen LogP contribution in [0.1, 0.15) is 17.3 Å². The zero-order valence-electron chi connectivity index (χ0n) is 12.1. The monoisotopic (exact) mass is 329 g/mol. The molecule has 1 atom stereocenters. The fraction of sp³-hybridized carbons (Fsp3) is 0.385. The highest BCUT2D eigenvalue weighted by molar-refractivity contribution is 5.94. The topological polar surface area (TPSA) is 81.9 Å². The number of alkyl halides is 3. The van der Waals surface area contributed by atoms with E-state index in [-0.39, 0.29) is 6.61 Å². The van der Waals surface area contributed by atoms with Crippen LogP contribution in [0.5, 0.6) is 0 Å². The lowest BCUT2D eigenvalue weighted by Gasteiger charge is -2.15. The Labute approximate surface area is 129 Å². The van der Waals surface area contributed by atoms with Crippen molar-refractivity contribution in [3.63, 3.8) is 0 Å². The lowest BCUT2D eigenvalue weighted by atomic mass is 10.2. The predicted octanol–water partition coefficient (Wildman–Crippen LogP) is 1.36. The van der Waals surface area contributed by atoms with Crippen molar-refractivity contribution in [3.8, 4) is 5.82 Å². The number of halogens is 3. The molecule has 0 unspecified atom stereocenters. The van der Waals surface area contributed by atoms with Gasteiger partial charge in [0.25, 0.3) is 5.91 Å². The van der Waals surface area contributed by atoms with Crippen LogP contribution in [0, 0.1) is 0 Å². The Morgan fingerprint density at radius 1 is 1.48 bits per heavy atom. The van der Waals surface area contributed by atoms with Gasteiger partial charge in [0.1, 0.15) is 19.3 Å². The summed E-state index contributed by atoms with van der Waals surface area (Å²) in [5, 5.41) is 6.45. The van der Waals surface area contributed by atoms with Crippen molar-refractivity contribution < 1.29 is 22.7 Å². The maximum Gasteiger partial charge on any atom is 0.411 e. The van der Waals surface area contributed by atoms with Gasteiger partial charge >= 0.3 is 6.18 Å². The highest BCUT2D eigenvalue weighted by Gasteiger charge is 2.27. The summed E-state index contributed by atoms with van der Waals surface area (Å²) in [6, 6.07) is 2.40. The summed E-state index contributed by atoms with van der Waals surface area (Å²) >= 11 is 0. The molecule has 2 heterocycles. The smallest absolute Gasteiger partial charge is 0.370 e. The molecule has 0 aromatic carbocycles. The molecule has 0 aliphatic heterocycles. The minimum Gasteiger partial charge on any atom is -0.370 e. The maximum atomic E-state index is 12.1. The number of carbonyl (C=O) groups is 1. The molecule has 7 nitrogen and oxygen atoms in total. The third-order valence-corrected chi connectivity index (χ3v) is 2.67. The van der Waals surface area contributed by atoms with Gasteiger partial charge in [0.05, 0.1) is 6.61 Å². The number of carbonyl (C=O) groups excluding carboxylic acids is 1. The standard InChI is InChI=1S/C13H14F3N5O2/c1-9(5-23-6-13(14,15)16)20-12(22)10-2-3-18-11(4-10)21-8-17-7-19-21/h2-4,7-9H,5-6H2,1H3,(H,20,22)/t9-/m1/s1. The van der Waals surface area contributed by atoms with Gasteiger partial charge in [-0.25, -0.2) is 14.6 Å². The Morgan fingerprint density at radius 2 is 2.26 bits per heavy atom. The van der Waals surface area contributed by atoms with E-state index in [4.69, 9.17) is 0 Å². The van der Waals surface area contributed by atoms with Crippen LogP contribution in [0.4, 0.5) is 13.2 Å². The molecular weight excluding hydrogens is 315 g/mol. The maximum absolute atomic E-state index is 12.1. The van der Waals surface area contributed by atoms with Crippen LogP contribution >= 0.6 is 0 Å². The summed E-state index contributed by atoms with van der Waals surface area (Å²) in [5.41, 5.74) is 0.299. The van der Waals surface area contributed by atoms with Gasteiger partial charge in [0.15, 0.2) is 5.82 Å². The van der Waals surface area contributed by atoms with Crippen LogP contribution in [0.3, 0.4) is 0 Å². The number of amides is 1. The zero-order chi connectivity index (χ0) is 16.9. The summed E-state index contributed by atoms with van der Waals surface area (Å²) in [4.78, 5) is 19.9. The van der Waals surface area contributed by atoms with Gasteiger partial charge in [-0.3, -0.25) is 4.79 Å². The molecule has 0 aliphatic rings. The number of aromatic nitrogens is 4. The fourth-order valence-electron chi connectivity index (χ4n) is 1.71. The van der Waals surface area contributed by atoms with Crippen LogP contribution in [0.2, 0.25) is 0 Å². The molecule has 1 amide bonds. The fourth-order valence-corrected chi connectivity index (χ4v) is 1.71. The van der Waals surface area contributed by atoms with Crippen molar-refractivity contribution in [1.82, 2.24) is 25.1 Å². The van der Waals surface area contributed by atoms with Crippen LogP contribution in [-0.4, -0.2) is 51.1 Å². The van der Waals surface area contributed by atoms with E-state index < -0.39 is 24.7 Å². The van der Waals surface area contributed by atoms with Gasteiger partial charge in [-0.1, -0.05) is 0 Å². The largest absolute Gasteiger partial charge is 0.411 e. The molecule has 0 spiro atoms. The lowest BCUT2D eigenvalue weighted by Crippen LogP contribution is -2.36. The zero-order valence-corrected chi connectivity index (χ0v) is 12.1. The first kappa shape index (κ1) is 16.9. The second-order valence-corrected chi connectivity index (χ2v) is 4.75. The lowest BCUT2D eigenvalue weighted by molar-refractivity contribution is -0.174. The molecule has 23 heavy (non-hydrogen) atoms. The van der Waals surface area contributed by atoms with E-state index in [0.29, 0.717) is 11.4 Å². The van der Waals surface area contributed by atoms with E-state index in [2.05, 4.69) is 25.1 Å². The third-order valence-electron chi connectivity index (χ3n) is 2.67. The van der Waals surface area contributed by atoms with Crippen LogP contribution in [0.15, 0.2) is 31.0 Å². The highest BCUT2D eigenvalue weighted by Crippen LogP contribution is 2.14. The van der Waals surface area contributed by atoms with Gasteiger partial charge < -0.3 is 10.1 Å². The number of pyridine rings is 1. The van der Waals surface area contributed by atoms with Gasteiger partial charge in [0.2, 0.25) is 0 Å². The quantitative estimate of drug-likeness (QED) is 0.865. The Bertz CT molecular complexity index is 645. The van der Waals surface area contributed by atoms with Crippen molar-refractivity contribution in [3.05, 3.63) is 36.5 Å². The van der Waals surface area contributed by atoms with Crippen LogP contribution in [0.25, 0.3) is 5.82 Å². The van der Waals surface area contributed by atoms with Gasteiger partial charge in [-0.2, -0.15) is 18.3 Å². The third kappa shape index (κ3) is 5.33. The second kappa shape index (κ2) is 7.18. The Morgan fingerprint density at radius 3 is 2.91 bits per heavy atom. The minimum absolute atomic E-state index is 0.244. The van der Waals surface area contributed by atoms with Crippen LogP contribution < -0.4 is 5.32 Å². The summed E-state index contributed by atoms with van der Waals surface area (Å²) in [6.07, 6.45) is -0.204. The molecule has 10 heteroatoms. The van der Waals surface area contributed by atoms with Crippen molar-refractivity contribution in [2.75, 3.05) is 13.2 Å². The minimum atomic E-state index is -4.39. The average Bonchev–Trinajstić information content (AvgIpc) is 3.00. The number of hydrogen-bond acceptors (Lipinski definition) is 5. The first-order valence-electron chi connectivity index (χ1n) is 6.61. The van der Waals surface area contributed by atoms with Gasteiger partial charge in [0, 0.05) is 17.8 Å². The van der Waals surface area contributed by atoms with Crippen molar-refractivity contribution >= 4 is 5.91 Å². The molecule has 0 bridgehead atoms. The SMILES string of the molecule is C[C@H](COCC(F)(F)F)NC(=O)c1ccnc(-n2cncn2)c1. The summed E-state index contributed by atoms with van der Waals surface area (Å²) in [6.45, 7) is -0.0427. The molecule has 1 N–H and O–H groups in total. The predicted molar refractivity (Wildman–Crippen MR) is 73.0 cm³/mol. The van der Waals surface area contributed by atoms with Crippen LogP contribution in [-0.2, 0) is 4.74 Å². The van der Waals surface area contributed by atoms with Gasteiger partial charge in [-0.15, -0.1) is 0 Å². The van der Waals surface area contributed by atoms with E-state index in [9.17, 15) is 18.0 Å². The van der Waals surface area contributed by atoms with E-state index in [0.717, 1.165) is 0 Å². The molecule has 2 aromatic heterocycles. The molecule has 0 aliphatic carbocycles. The van der Waals surface area contributed by atoms with Crippen molar-refractivity contribution in [1.29, 1.82) is 0 Å². The Hall–Kier alpha value is -2.49. The molecule has 0 fully saturated rings. The Balaban J connectivity index is 1.92. The molecule has 0 saturated carbocycles. The normalized spacial score (nSPS) is 12.9. The summed E-state index contributed by atoms with van der Waals surface area (Å²) in [5.74, 6) is -0.0481. The first-order valence-corrected chi connectivity index (χ1v) is 6.61. The molecule has 2 rings (SSSR count). The molecule has 0 saturated heterocycles. The number of rotatable bonds is 6. The highest BCUT2D eigenvalue weighted by atomic mass is 19.4. The van der Waals surface area contributed by atoms with E-state index >= 15 is 0 Å². The van der Waals surface area contributed by atoms with E-state index in [1.807, 2.05) is 0 Å². The van der Waals surface area contributed by atoms with E-state index in [1.165, 1.54) is 35.7 Å². The van der Waals surface area contributed by atoms with Crippen molar-refractivity contribution in [2.45, 2.75) is 19.1 Å².